The van der Waals surface area contributed by atoms with Crippen molar-refractivity contribution in [2.75, 3.05) is 10.2 Å². The maximum atomic E-state index is 13.3. The van der Waals surface area contributed by atoms with Gasteiger partial charge < -0.3 is 5.32 Å². The molecule has 1 N–H and O–H groups in total. The molecule has 0 saturated heterocycles. The zero-order valence-electron chi connectivity index (χ0n) is 14.4. The van der Waals surface area contributed by atoms with Gasteiger partial charge in [0.15, 0.2) is 6.17 Å². The molecule has 4 aromatic rings. The Morgan fingerprint density at radius 3 is 2.37 bits per heavy atom. The third-order valence-electron chi connectivity index (χ3n) is 4.71. The molecule has 1 aliphatic heterocycles. The molecule has 130 valence electrons. The fourth-order valence-corrected chi connectivity index (χ4v) is 3.42. The van der Waals surface area contributed by atoms with Crippen molar-refractivity contribution in [3.05, 3.63) is 96.3 Å². The fourth-order valence-electron chi connectivity index (χ4n) is 3.42. The van der Waals surface area contributed by atoms with E-state index in [2.05, 4.69) is 10.3 Å². The van der Waals surface area contributed by atoms with Gasteiger partial charge in [-0.2, -0.15) is 0 Å². The summed E-state index contributed by atoms with van der Waals surface area (Å²) in [5.41, 5.74) is 4.58. The molecule has 0 spiro atoms. The van der Waals surface area contributed by atoms with E-state index in [1.165, 1.54) is 0 Å². The maximum absolute atomic E-state index is 13.3. The third-order valence-corrected chi connectivity index (χ3v) is 4.71. The highest BCUT2D eigenvalue weighted by Gasteiger charge is 2.34. The summed E-state index contributed by atoms with van der Waals surface area (Å²) in [6, 6.07) is 24.9. The topological polar surface area (TPSA) is 58.1 Å². The van der Waals surface area contributed by atoms with Crippen LogP contribution in [0, 0.1) is 0 Å². The maximum Gasteiger partial charge on any atom is 0.262 e. The molecule has 0 bridgehead atoms. The number of hydrogen-bond acceptors (Lipinski definition) is 4. The van der Waals surface area contributed by atoms with Gasteiger partial charge in [0.2, 0.25) is 0 Å². The van der Waals surface area contributed by atoms with Crippen LogP contribution in [0.3, 0.4) is 0 Å². The van der Waals surface area contributed by atoms with Crippen LogP contribution in [0.2, 0.25) is 0 Å². The number of fused-ring (bicyclic) bond motifs is 2. The molecule has 5 heteroatoms. The van der Waals surface area contributed by atoms with E-state index in [-0.39, 0.29) is 5.91 Å². The lowest BCUT2D eigenvalue weighted by molar-refractivity contribution is 0.0974. The fraction of sp³-hybridized carbons (Fsp3) is 0.0455. The molecule has 0 saturated carbocycles. The van der Waals surface area contributed by atoms with Crippen molar-refractivity contribution >= 4 is 28.3 Å². The van der Waals surface area contributed by atoms with Crippen molar-refractivity contribution in [1.82, 2.24) is 9.97 Å². The highest BCUT2D eigenvalue weighted by molar-refractivity contribution is 6.12. The summed E-state index contributed by atoms with van der Waals surface area (Å²) in [6.45, 7) is 0. The number of nitrogens with zero attached hydrogens (tertiary/aromatic N) is 3. The molecule has 27 heavy (non-hydrogen) atoms. The first-order valence-corrected chi connectivity index (χ1v) is 8.77. The Morgan fingerprint density at radius 1 is 0.815 bits per heavy atom. The van der Waals surface area contributed by atoms with E-state index in [9.17, 15) is 4.79 Å². The molecule has 1 atom stereocenters. The molecule has 1 amide bonds. The summed E-state index contributed by atoms with van der Waals surface area (Å²) in [4.78, 5) is 24.3. The molecular formula is C22H16N4O. The van der Waals surface area contributed by atoms with Crippen molar-refractivity contribution in [3.8, 4) is 0 Å². The largest absolute Gasteiger partial charge is 0.359 e. The van der Waals surface area contributed by atoms with Gasteiger partial charge in [0, 0.05) is 11.4 Å². The number of hydrogen-bond donors (Lipinski definition) is 1. The van der Waals surface area contributed by atoms with Gasteiger partial charge in [-0.3, -0.25) is 14.7 Å². The Labute approximate surface area is 156 Å². The lowest BCUT2D eigenvalue weighted by Gasteiger charge is -2.37. The number of amides is 1. The Balaban J connectivity index is 1.68. The van der Waals surface area contributed by atoms with Gasteiger partial charge in [0.25, 0.3) is 5.91 Å². The van der Waals surface area contributed by atoms with Crippen LogP contribution in [0.5, 0.6) is 0 Å². The summed E-state index contributed by atoms with van der Waals surface area (Å²) in [5.74, 6) is -0.0597. The van der Waals surface area contributed by atoms with Crippen LogP contribution in [-0.2, 0) is 0 Å². The zero-order chi connectivity index (χ0) is 18.2. The summed E-state index contributed by atoms with van der Waals surface area (Å²) >= 11 is 0. The molecule has 0 fully saturated rings. The molecule has 2 heterocycles. The number of nitrogens with one attached hydrogen (secondary N) is 1. The molecule has 5 nitrogen and oxygen atoms in total. The van der Waals surface area contributed by atoms with Crippen molar-refractivity contribution in [2.45, 2.75) is 6.17 Å². The first-order valence-electron chi connectivity index (χ1n) is 8.77. The quantitative estimate of drug-likeness (QED) is 0.581. The standard InChI is InChI=1S/C22H16N4O/c27-22-16-10-4-5-11-17(16)25-21(26(22)15-8-2-1-3-9-15)20-14-23-18-12-6-7-13-19(18)24-20/h1-14,21,25H/t21-/m1/s1. The van der Waals surface area contributed by atoms with Crippen LogP contribution < -0.4 is 10.2 Å². The van der Waals surface area contributed by atoms with Crippen LogP contribution in [0.15, 0.2) is 85.1 Å². The summed E-state index contributed by atoms with van der Waals surface area (Å²) in [6.07, 6.45) is 1.30. The average molecular weight is 352 g/mol. The molecular weight excluding hydrogens is 336 g/mol. The SMILES string of the molecule is O=C1c2ccccc2N[C@@H](c2cnc3ccccc3n2)N1c1ccccc1. The van der Waals surface area contributed by atoms with Gasteiger partial charge in [-0.15, -0.1) is 0 Å². The van der Waals surface area contributed by atoms with Gasteiger partial charge in [-0.05, 0) is 36.4 Å². The van der Waals surface area contributed by atoms with E-state index in [1.807, 2.05) is 78.9 Å². The minimum atomic E-state index is -0.438. The summed E-state index contributed by atoms with van der Waals surface area (Å²) in [7, 11) is 0. The van der Waals surface area contributed by atoms with E-state index in [1.54, 1.807) is 11.1 Å². The normalized spacial score (nSPS) is 16.1. The molecule has 1 aliphatic rings. The summed E-state index contributed by atoms with van der Waals surface area (Å²) in [5, 5.41) is 3.46. The number of carbonyl (C=O) groups is 1. The number of carbonyl (C=O) groups excluding carboxylic acids is 1. The van der Waals surface area contributed by atoms with Gasteiger partial charge in [0.05, 0.1) is 22.8 Å². The Kier molecular flexibility index (Phi) is 3.57. The first-order chi connectivity index (χ1) is 13.3. The highest BCUT2D eigenvalue weighted by Crippen LogP contribution is 2.35. The molecule has 0 unspecified atom stereocenters. The van der Waals surface area contributed by atoms with Crippen LogP contribution in [0.25, 0.3) is 11.0 Å². The first kappa shape index (κ1) is 15.5. The minimum Gasteiger partial charge on any atom is -0.359 e. The van der Waals surface area contributed by atoms with Crippen molar-refractivity contribution in [2.24, 2.45) is 0 Å². The van der Waals surface area contributed by atoms with Crippen molar-refractivity contribution in [1.29, 1.82) is 0 Å². The smallest absolute Gasteiger partial charge is 0.262 e. The van der Waals surface area contributed by atoms with Crippen LogP contribution in [0.1, 0.15) is 22.2 Å². The van der Waals surface area contributed by atoms with Crippen LogP contribution in [-0.4, -0.2) is 15.9 Å². The second-order valence-corrected chi connectivity index (χ2v) is 6.39. The second-order valence-electron chi connectivity index (χ2n) is 6.39. The van der Waals surface area contributed by atoms with Gasteiger partial charge in [-0.25, -0.2) is 4.98 Å². The highest BCUT2D eigenvalue weighted by atomic mass is 16.2. The van der Waals surface area contributed by atoms with E-state index in [0.29, 0.717) is 11.3 Å². The number of rotatable bonds is 2. The number of anilines is 2. The van der Waals surface area contributed by atoms with Gasteiger partial charge in [0.1, 0.15) is 5.69 Å². The molecule has 0 radical (unpaired) electrons. The Bertz CT molecular complexity index is 1140. The van der Waals surface area contributed by atoms with E-state index in [0.717, 1.165) is 22.4 Å². The monoisotopic (exact) mass is 352 g/mol. The van der Waals surface area contributed by atoms with Gasteiger partial charge >= 0.3 is 0 Å². The van der Waals surface area contributed by atoms with Crippen molar-refractivity contribution in [3.63, 3.8) is 0 Å². The second kappa shape index (κ2) is 6.21. The lowest BCUT2D eigenvalue weighted by Crippen LogP contribution is -2.43. The van der Waals surface area contributed by atoms with Gasteiger partial charge in [-0.1, -0.05) is 42.5 Å². The van der Waals surface area contributed by atoms with E-state index < -0.39 is 6.17 Å². The third kappa shape index (κ3) is 2.60. The number of benzene rings is 3. The molecule has 3 aromatic carbocycles. The van der Waals surface area contributed by atoms with E-state index in [4.69, 9.17) is 4.98 Å². The number of aromatic nitrogens is 2. The molecule has 5 rings (SSSR count). The van der Waals surface area contributed by atoms with E-state index >= 15 is 0 Å². The molecule has 0 aliphatic carbocycles. The van der Waals surface area contributed by atoms with Crippen LogP contribution >= 0.6 is 0 Å². The van der Waals surface area contributed by atoms with Crippen LogP contribution in [0.4, 0.5) is 11.4 Å². The Morgan fingerprint density at radius 2 is 1.52 bits per heavy atom. The molecule has 1 aromatic heterocycles. The number of para-hydroxylation sites is 4. The predicted molar refractivity (Wildman–Crippen MR) is 106 cm³/mol. The predicted octanol–water partition coefficient (Wildman–Crippen LogP) is 4.40. The Hall–Kier alpha value is -3.73. The lowest BCUT2D eigenvalue weighted by atomic mass is 10.1. The van der Waals surface area contributed by atoms with Crippen molar-refractivity contribution < 1.29 is 4.79 Å². The minimum absolute atomic E-state index is 0.0597. The average Bonchev–Trinajstić information content (AvgIpc) is 2.74. The zero-order valence-corrected chi connectivity index (χ0v) is 14.4. The summed E-state index contributed by atoms with van der Waals surface area (Å²) < 4.78 is 0.